The number of nitrogens with one attached hydrogen (secondary N) is 2. The summed E-state index contributed by atoms with van der Waals surface area (Å²) in [6.07, 6.45) is -3.87. The van der Waals surface area contributed by atoms with Crippen LogP contribution in [0.5, 0.6) is 11.6 Å². The van der Waals surface area contributed by atoms with Crippen molar-refractivity contribution in [2.24, 2.45) is 17.8 Å². The molecule has 0 bridgehead atoms. The number of halogens is 4. The minimum absolute atomic E-state index is 0.0000329. The van der Waals surface area contributed by atoms with Crippen LogP contribution in [-0.2, 0) is 6.42 Å². The predicted octanol–water partition coefficient (Wildman–Crippen LogP) is 4.56. The van der Waals surface area contributed by atoms with Crippen LogP contribution in [0.1, 0.15) is 43.2 Å². The molecule has 3 N–H and O–H groups in total. The molecule has 3 heterocycles. The number of aliphatic hydroxyl groups is 1. The second kappa shape index (κ2) is 9.85. The lowest BCUT2D eigenvalue weighted by molar-refractivity contribution is -0.115. The number of alkyl halides is 3. The normalized spacial score (nSPS) is 25.8. The number of anilines is 2. The Bertz CT molecular complexity index is 1090. The number of pyridine rings is 1. The molecular formula is C23H29ClF3N5O3. The zero-order chi connectivity index (χ0) is 25.5. The molecule has 0 radical (unpaired) electrons. The maximum Gasteiger partial charge on any atom is 0.405 e. The van der Waals surface area contributed by atoms with E-state index in [0.717, 1.165) is 5.56 Å². The molecule has 2 aliphatic rings. The molecule has 0 amide bonds. The zero-order valence-corrected chi connectivity index (χ0v) is 20.7. The SMILES string of the molecule is COc1cc2c(c(C)n1)OC(c1c(Cl)nc(NCC(F)(F)F)nc1N[C@@H]1C[C@H](CO)[C@@H](C)[C@H]1C)C2. The standard InChI is InChI=1S/C23H29ClF3N5O3/c1-10-11(2)15(5-14(10)8-33)30-21-18(20(24)31-22(32-21)28-9-23(25,26)27)16-6-13-7-17(34-4)29-12(3)19(13)35-16/h7,10-11,14-16,33H,5-6,8-9H2,1-4H3,(H2,28,30,31,32)/t10-,11+,14+,15+,16?/m0/s1. The van der Waals surface area contributed by atoms with Crippen molar-refractivity contribution in [3.05, 3.63) is 28.0 Å². The lowest BCUT2D eigenvalue weighted by Crippen LogP contribution is -2.27. The Balaban J connectivity index is 1.68. The summed E-state index contributed by atoms with van der Waals surface area (Å²) in [6, 6.07) is 1.73. The van der Waals surface area contributed by atoms with Crippen molar-refractivity contribution < 1.29 is 27.8 Å². The first-order chi connectivity index (χ1) is 16.5. The van der Waals surface area contributed by atoms with Crippen molar-refractivity contribution in [3.8, 4) is 11.6 Å². The van der Waals surface area contributed by atoms with Crippen molar-refractivity contribution in [1.82, 2.24) is 15.0 Å². The fourth-order valence-corrected chi connectivity index (χ4v) is 5.20. The van der Waals surface area contributed by atoms with Crippen LogP contribution in [-0.4, -0.2) is 52.5 Å². The number of aliphatic hydroxyl groups excluding tert-OH is 1. The van der Waals surface area contributed by atoms with Crippen LogP contribution < -0.4 is 20.1 Å². The molecule has 1 unspecified atom stereocenters. The van der Waals surface area contributed by atoms with E-state index in [-0.39, 0.29) is 41.5 Å². The van der Waals surface area contributed by atoms with Crippen LogP contribution in [0.25, 0.3) is 0 Å². The van der Waals surface area contributed by atoms with Crippen molar-refractivity contribution >= 4 is 23.4 Å². The van der Waals surface area contributed by atoms with Gasteiger partial charge in [-0.2, -0.15) is 18.2 Å². The molecule has 1 saturated carbocycles. The molecule has 4 rings (SSSR count). The summed E-state index contributed by atoms with van der Waals surface area (Å²) < 4.78 is 49.8. The predicted molar refractivity (Wildman–Crippen MR) is 125 cm³/mol. The molecule has 0 aromatic carbocycles. The van der Waals surface area contributed by atoms with E-state index in [2.05, 4.69) is 39.4 Å². The fraction of sp³-hybridized carbons (Fsp3) is 0.609. The van der Waals surface area contributed by atoms with Gasteiger partial charge in [-0.15, -0.1) is 0 Å². The first-order valence-corrected chi connectivity index (χ1v) is 11.8. The van der Waals surface area contributed by atoms with Crippen molar-refractivity contribution in [1.29, 1.82) is 0 Å². The van der Waals surface area contributed by atoms with Gasteiger partial charge in [-0.05, 0) is 31.1 Å². The van der Waals surface area contributed by atoms with Gasteiger partial charge in [0.05, 0.1) is 18.4 Å². The van der Waals surface area contributed by atoms with Gasteiger partial charge in [0, 0.05) is 30.7 Å². The molecule has 2 aromatic rings. The summed E-state index contributed by atoms with van der Waals surface area (Å²) in [5.41, 5.74) is 2.00. The van der Waals surface area contributed by atoms with Gasteiger partial charge in [0.15, 0.2) is 0 Å². The number of hydrogen-bond donors (Lipinski definition) is 3. The number of nitrogens with zero attached hydrogens (tertiary/aromatic N) is 3. The number of aromatic nitrogens is 3. The Morgan fingerprint density at radius 3 is 2.60 bits per heavy atom. The van der Waals surface area contributed by atoms with Crippen LogP contribution in [0.4, 0.5) is 24.9 Å². The third kappa shape index (κ3) is 5.35. The topological polar surface area (TPSA) is 101 Å². The molecule has 8 nitrogen and oxygen atoms in total. The number of fused-ring (bicyclic) bond motifs is 1. The van der Waals surface area contributed by atoms with Gasteiger partial charge < -0.3 is 25.2 Å². The quantitative estimate of drug-likeness (QED) is 0.461. The number of methoxy groups -OCH3 is 1. The number of aryl methyl sites for hydroxylation is 1. The second-order valence-corrected chi connectivity index (χ2v) is 9.62. The minimum Gasteiger partial charge on any atom is -0.483 e. The first-order valence-electron chi connectivity index (χ1n) is 11.5. The maximum atomic E-state index is 12.8. The molecule has 0 saturated heterocycles. The summed E-state index contributed by atoms with van der Waals surface area (Å²) in [7, 11) is 1.53. The Labute approximate surface area is 206 Å². The smallest absolute Gasteiger partial charge is 0.405 e. The van der Waals surface area contributed by atoms with Crippen LogP contribution >= 0.6 is 11.6 Å². The minimum atomic E-state index is -4.44. The first kappa shape index (κ1) is 25.6. The van der Waals surface area contributed by atoms with Gasteiger partial charge >= 0.3 is 6.18 Å². The highest BCUT2D eigenvalue weighted by Gasteiger charge is 2.39. The van der Waals surface area contributed by atoms with Crippen molar-refractivity contribution in [2.45, 2.75) is 51.9 Å². The van der Waals surface area contributed by atoms with Gasteiger partial charge in [-0.25, -0.2) is 9.97 Å². The molecule has 1 aliphatic carbocycles. The molecule has 5 atom stereocenters. The van der Waals surface area contributed by atoms with Crippen molar-refractivity contribution in [2.75, 3.05) is 30.9 Å². The van der Waals surface area contributed by atoms with Gasteiger partial charge in [0.1, 0.15) is 29.4 Å². The van der Waals surface area contributed by atoms with Gasteiger partial charge in [-0.3, -0.25) is 0 Å². The second-order valence-electron chi connectivity index (χ2n) is 9.27. The van der Waals surface area contributed by atoms with E-state index in [4.69, 9.17) is 21.1 Å². The lowest BCUT2D eigenvalue weighted by Gasteiger charge is -2.24. The largest absolute Gasteiger partial charge is 0.483 e. The Hall–Kier alpha value is -2.53. The van der Waals surface area contributed by atoms with Gasteiger partial charge in [0.25, 0.3) is 0 Å². The molecule has 2 aromatic heterocycles. The van der Waals surface area contributed by atoms with Gasteiger partial charge in [-0.1, -0.05) is 25.4 Å². The highest BCUT2D eigenvalue weighted by Crippen LogP contribution is 2.45. The highest BCUT2D eigenvalue weighted by molar-refractivity contribution is 6.30. The summed E-state index contributed by atoms with van der Waals surface area (Å²) in [6.45, 7) is 4.74. The zero-order valence-electron chi connectivity index (χ0n) is 19.9. The average molecular weight is 516 g/mol. The Kier molecular flexibility index (Phi) is 7.19. The Morgan fingerprint density at radius 2 is 1.97 bits per heavy atom. The van der Waals surface area contributed by atoms with E-state index in [0.29, 0.717) is 41.5 Å². The number of hydrogen-bond acceptors (Lipinski definition) is 8. The average Bonchev–Trinajstić information content (AvgIpc) is 3.33. The number of ether oxygens (including phenoxy) is 2. The van der Waals surface area contributed by atoms with Crippen LogP contribution in [0.2, 0.25) is 5.15 Å². The van der Waals surface area contributed by atoms with E-state index in [1.54, 1.807) is 6.07 Å². The van der Waals surface area contributed by atoms with Crippen LogP contribution in [0.15, 0.2) is 6.07 Å². The van der Waals surface area contributed by atoms with E-state index < -0.39 is 18.8 Å². The summed E-state index contributed by atoms with van der Waals surface area (Å²) in [5.74, 6) is 1.71. The monoisotopic (exact) mass is 515 g/mol. The molecule has 35 heavy (non-hydrogen) atoms. The maximum absolute atomic E-state index is 12.8. The van der Waals surface area contributed by atoms with Crippen LogP contribution in [0, 0.1) is 24.7 Å². The molecule has 1 fully saturated rings. The van der Waals surface area contributed by atoms with E-state index >= 15 is 0 Å². The molecular weight excluding hydrogens is 487 g/mol. The van der Waals surface area contributed by atoms with E-state index in [9.17, 15) is 18.3 Å². The molecule has 192 valence electrons. The third-order valence-corrected chi connectivity index (χ3v) is 7.35. The van der Waals surface area contributed by atoms with E-state index in [1.807, 2.05) is 6.92 Å². The van der Waals surface area contributed by atoms with Gasteiger partial charge in [0.2, 0.25) is 11.8 Å². The fourth-order valence-electron chi connectivity index (χ4n) is 4.91. The summed E-state index contributed by atoms with van der Waals surface area (Å²) in [5, 5.41) is 15.3. The lowest BCUT2D eigenvalue weighted by atomic mass is 9.92. The highest BCUT2D eigenvalue weighted by atomic mass is 35.5. The Morgan fingerprint density at radius 1 is 1.23 bits per heavy atom. The van der Waals surface area contributed by atoms with Crippen LogP contribution in [0.3, 0.4) is 0 Å². The molecule has 1 aliphatic heterocycles. The van der Waals surface area contributed by atoms with Crippen molar-refractivity contribution in [3.63, 3.8) is 0 Å². The molecule has 12 heteroatoms. The third-order valence-electron chi connectivity index (χ3n) is 7.06. The summed E-state index contributed by atoms with van der Waals surface area (Å²) >= 11 is 6.54. The molecule has 0 spiro atoms. The summed E-state index contributed by atoms with van der Waals surface area (Å²) in [4.78, 5) is 12.8. The number of rotatable bonds is 7. The van der Waals surface area contributed by atoms with E-state index in [1.165, 1.54) is 7.11 Å².